The minimum Gasteiger partial charge on any atom is -0.398 e. The predicted octanol–water partition coefficient (Wildman–Crippen LogP) is 2.43. The normalized spacial score (nSPS) is 9.92. The number of carbonyl (C=O) groups is 1. The third-order valence-electron chi connectivity index (χ3n) is 1.73. The third kappa shape index (κ3) is 1.59. The number of hydrogen-bond acceptors (Lipinski definition) is 2. The largest absolute Gasteiger partial charge is 0.398 e. The van der Waals surface area contributed by atoms with E-state index in [-0.39, 0.29) is 5.78 Å². The highest BCUT2D eigenvalue weighted by Crippen LogP contribution is 2.22. The van der Waals surface area contributed by atoms with Crippen molar-refractivity contribution >= 4 is 23.1 Å². The number of nitrogens with two attached hydrogens (primary N) is 1. The lowest BCUT2D eigenvalue weighted by Gasteiger charge is -2.05. The molecule has 0 heterocycles. The number of ketones is 1. The van der Waals surface area contributed by atoms with Gasteiger partial charge in [0.15, 0.2) is 5.78 Å². The van der Waals surface area contributed by atoms with Crippen LogP contribution >= 0.6 is 11.6 Å². The van der Waals surface area contributed by atoms with Gasteiger partial charge in [0.25, 0.3) is 0 Å². The number of anilines is 1. The molecule has 0 spiro atoms. The Kier molecular flexibility index (Phi) is 2.38. The molecular weight excluding hydrogens is 174 g/mol. The molecule has 0 radical (unpaired) electrons. The second-order valence-electron chi connectivity index (χ2n) is 2.74. The fraction of sp³-hybridized carbons (Fsp3) is 0.222. The van der Waals surface area contributed by atoms with Crippen LogP contribution in [0, 0.1) is 6.92 Å². The van der Waals surface area contributed by atoms with Gasteiger partial charge in [0.1, 0.15) is 0 Å². The number of rotatable bonds is 1. The summed E-state index contributed by atoms with van der Waals surface area (Å²) in [6.07, 6.45) is 0. The van der Waals surface area contributed by atoms with E-state index in [0.717, 1.165) is 5.56 Å². The van der Waals surface area contributed by atoms with Crippen LogP contribution in [0.25, 0.3) is 0 Å². The maximum atomic E-state index is 11.0. The molecule has 0 aromatic heterocycles. The molecule has 0 atom stereocenters. The standard InChI is InChI=1S/C9H10ClNO/c1-5-3-7(10)4-8(6(2)12)9(5)11/h3-4H,11H2,1-2H3. The Morgan fingerprint density at radius 2 is 2.08 bits per heavy atom. The summed E-state index contributed by atoms with van der Waals surface area (Å²) in [6, 6.07) is 3.33. The number of hydrogen-bond donors (Lipinski definition) is 1. The summed E-state index contributed by atoms with van der Waals surface area (Å²) < 4.78 is 0. The van der Waals surface area contributed by atoms with Crippen molar-refractivity contribution in [3.63, 3.8) is 0 Å². The van der Waals surface area contributed by atoms with E-state index in [1.165, 1.54) is 6.92 Å². The summed E-state index contributed by atoms with van der Waals surface area (Å²) in [5.41, 5.74) is 7.53. The van der Waals surface area contributed by atoms with E-state index in [1.54, 1.807) is 12.1 Å². The monoisotopic (exact) mass is 183 g/mol. The molecule has 0 aliphatic carbocycles. The molecule has 1 aromatic carbocycles. The molecule has 1 aromatic rings. The van der Waals surface area contributed by atoms with Crippen LogP contribution < -0.4 is 5.73 Å². The molecule has 0 bridgehead atoms. The second-order valence-corrected chi connectivity index (χ2v) is 3.18. The zero-order valence-corrected chi connectivity index (χ0v) is 7.77. The van der Waals surface area contributed by atoms with Crippen molar-refractivity contribution in [2.24, 2.45) is 0 Å². The summed E-state index contributed by atoms with van der Waals surface area (Å²) in [6.45, 7) is 3.30. The second kappa shape index (κ2) is 3.15. The fourth-order valence-corrected chi connectivity index (χ4v) is 1.32. The molecule has 0 unspecified atom stereocenters. The van der Waals surface area contributed by atoms with E-state index >= 15 is 0 Å². The number of carbonyl (C=O) groups excluding carboxylic acids is 1. The summed E-state index contributed by atoms with van der Waals surface area (Å²) in [7, 11) is 0. The van der Waals surface area contributed by atoms with E-state index in [2.05, 4.69) is 0 Å². The van der Waals surface area contributed by atoms with Crippen molar-refractivity contribution in [3.05, 3.63) is 28.3 Å². The molecule has 0 aliphatic heterocycles. The Balaban J connectivity index is 3.37. The van der Waals surface area contributed by atoms with Crippen molar-refractivity contribution < 1.29 is 4.79 Å². The maximum absolute atomic E-state index is 11.0. The Labute approximate surface area is 76.3 Å². The van der Waals surface area contributed by atoms with Gasteiger partial charge in [-0.05, 0) is 31.5 Å². The van der Waals surface area contributed by atoms with Gasteiger partial charge in [0.2, 0.25) is 0 Å². The number of halogens is 1. The van der Waals surface area contributed by atoms with Crippen molar-refractivity contribution in [2.75, 3.05) is 5.73 Å². The molecule has 0 amide bonds. The smallest absolute Gasteiger partial charge is 0.161 e. The van der Waals surface area contributed by atoms with E-state index in [9.17, 15) is 4.79 Å². The minimum atomic E-state index is -0.0573. The van der Waals surface area contributed by atoms with Gasteiger partial charge in [-0.1, -0.05) is 11.6 Å². The van der Waals surface area contributed by atoms with Crippen LogP contribution in [0.5, 0.6) is 0 Å². The number of nitrogen functional groups attached to an aromatic ring is 1. The molecule has 3 heteroatoms. The molecule has 0 saturated carbocycles. The molecule has 2 nitrogen and oxygen atoms in total. The highest BCUT2D eigenvalue weighted by molar-refractivity contribution is 6.31. The summed E-state index contributed by atoms with van der Waals surface area (Å²) >= 11 is 5.76. The quantitative estimate of drug-likeness (QED) is 0.537. The maximum Gasteiger partial charge on any atom is 0.161 e. The summed E-state index contributed by atoms with van der Waals surface area (Å²) in [4.78, 5) is 11.0. The van der Waals surface area contributed by atoms with Crippen molar-refractivity contribution in [3.8, 4) is 0 Å². The zero-order chi connectivity index (χ0) is 9.30. The van der Waals surface area contributed by atoms with Gasteiger partial charge < -0.3 is 5.73 Å². The molecular formula is C9H10ClNO. The van der Waals surface area contributed by atoms with E-state index in [1.807, 2.05) is 6.92 Å². The minimum absolute atomic E-state index is 0.0573. The summed E-state index contributed by atoms with van der Waals surface area (Å²) in [5, 5.41) is 0.548. The van der Waals surface area contributed by atoms with Crippen LogP contribution in [0.4, 0.5) is 5.69 Å². The van der Waals surface area contributed by atoms with Crippen molar-refractivity contribution in [1.82, 2.24) is 0 Å². The lowest BCUT2D eigenvalue weighted by Crippen LogP contribution is -2.01. The Bertz CT molecular complexity index is 334. The molecule has 0 saturated heterocycles. The Hall–Kier alpha value is -1.02. The molecule has 64 valence electrons. The SMILES string of the molecule is CC(=O)c1cc(Cl)cc(C)c1N. The molecule has 2 N–H and O–H groups in total. The Morgan fingerprint density at radius 1 is 1.50 bits per heavy atom. The van der Waals surface area contributed by atoms with Crippen LogP contribution in [0.1, 0.15) is 22.8 Å². The zero-order valence-electron chi connectivity index (χ0n) is 7.02. The van der Waals surface area contributed by atoms with Gasteiger partial charge in [-0.3, -0.25) is 4.79 Å². The van der Waals surface area contributed by atoms with E-state index < -0.39 is 0 Å². The first-order valence-electron chi connectivity index (χ1n) is 3.59. The first-order valence-corrected chi connectivity index (χ1v) is 3.96. The van der Waals surface area contributed by atoms with Gasteiger partial charge >= 0.3 is 0 Å². The van der Waals surface area contributed by atoms with Crippen LogP contribution in [0.2, 0.25) is 5.02 Å². The van der Waals surface area contributed by atoms with Gasteiger partial charge in [0, 0.05) is 16.3 Å². The third-order valence-corrected chi connectivity index (χ3v) is 1.95. The van der Waals surface area contributed by atoms with Gasteiger partial charge in [-0.2, -0.15) is 0 Å². The molecule has 0 fully saturated rings. The first kappa shape index (κ1) is 9.07. The van der Waals surface area contributed by atoms with Crippen LogP contribution in [0.3, 0.4) is 0 Å². The summed E-state index contributed by atoms with van der Waals surface area (Å²) in [5.74, 6) is -0.0573. The number of Topliss-reactive ketones (excluding diaryl/α,β-unsaturated/α-hetero) is 1. The van der Waals surface area contributed by atoms with Crippen molar-refractivity contribution in [2.45, 2.75) is 13.8 Å². The van der Waals surface area contributed by atoms with Crippen LogP contribution in [0.15, 0.2) is 12.1 Å². The van der Waals surface area contributed by atoms with Crippen molar-refractivity contribution in [1.29, 1.82) is 0 Å². The highest BCUT2D eigenvalue weighted by atomic mass is 35.5. The average Bonchev–Trinajstić information content (AvgIpc) is 1.96. The van der Waals surface area contributed by atoms with E-state index in [0.29, 0.717) is 16.3 Å². The lowest BCUT2D eigenvalue weighted by atomic mass is 10.1. The average molecular weight is 184 g/mol. The van der Waals surface area contributed by atoms with E-state index in [4.69, 9.17) is 17.3 Å². The topological polar surface area (TPSA) is 43.1 Å². The van der Waals surface area contributed by atoms with Gasteiger partial charge in [0.05, 0.1) is 0 Å². The molecule has 1 rings (SSSR count). The Morgan fingerprint density at radius 3 is 2.58 bits per heavy atom. The van der Waals surface area contributed by atoms with Gasteiger partial charge in [-0.15, -0.1) is 0 Å². The number of benzene rings is 1. The van der Waals surface area contributed by atoms with Crippen LogP contribution in [-0.2, 0) is 0 Å². The van der Waals surface area contributed by atoms with Crippen LogP contribution in [-0.4, -0.2) is 5.78 Å². The predicted molar refractivity (Wildman–Crippen MR) is 50.6 cm³/mol. The molecule has 0 aliphatic rings. The molecule has 12 heavy (non-hydrogen) atoms. The fourth-order valence-electron chi connectivity index (χ4n) is 1.05. The highest BCUT2D eigenvalue weighted by Gasteiger charge is 2.07. The first-order chi connectivity index (χ1) is 5.52. The van der Waals surface area contributed by atoms with Gasteiger partial charge in [-0.25, -0.2) is 0 Å². The number of aryl methyl sites for hydroxylation is 1. The lowest BCUT2D eigenvalue weighted by molar-refractivity contribution is 0.101.